The highest BCUT2D eigenvalue weighted by Crippen LogP contribution is 2.33. The molecule has 0 N–H and O–H groups in total. The van der Waals surface area contributed by atoms with Crippen LogP contribution >= 0.6 is 61.1 Å². The van der Waals surface area contributed by atoms with Crippen LogP contribution in [0.25, 0.3) is 11.0 Å². The molecule has 0 fully saturated rings. The number of rotatable bonds is 8. The van der Waals surface area contributed by atoms with E-state index in [4.69, 9.17) is 9.15 Å². The standard InChI is InChI=1S/C21H19BrI2O3/c1-2-3-5-14-12-16-15(6-4-7-19(16)27-14)20(25)17-10-13(23)11-18(24)21(17)26-9-8-22/h4,6-7,10-12H,2-3,5,8-9H2,1H3. The van der Waals surface area contributed by atoms with Gasteiger partial charge in [0.25, 0.3) is 0 Å². The Labute approximate surface area is 194 Å². The van der Waals surface area contributed by atoms with E-state index >= 15 is 0 Å². The molecule has 0 aliphatic heterocycles. The number of alkyl halides is 1. The van der Waals surface area contributed by atoms with E-state index in [1.807, 2.05) is 36.4 Å². The van der Waals surface area contributed by atoms with Gasteiger partial charge in [0.15, 0.2) is 5.78 Å². The van der Waals surface area contributed by atoms with Crippen LogP contribution in [0, 0.1) is 7.14 Å². The smallest absolute Gasteiger partial charge is 0.197 e. The van der Waals surface area contributed by atoms with E-state index in [0.717, 1.165) is 43.1 Å². The second-order valence-electron chi connectivity index (χ2n) is 6.16. The normalized spacial score (nSPS) is 11.1. The molecule has 1 heterocycles. The summed E-state index contributed by atoms with van der Waals surface area (Å²) in [5.41, 5.74) is 2.01. The molecule has 27 heavy (non-hydrogen) atoms. The third-order valence-corrected chi connectivity index (χ3v) is 5.96. The minimum Gasteiger partial charge on any atom is -0.491 e. The van der Waals surface area contributed by atoms with Crippen molar-refractivity contribution in [1.29, 1.82) is 0 Å². The van der Waals surface area contributed by atoms with Gasteiger partial charge < -0.3 is 9.15 Å². The predicted molar refractivity (Wildman–Crippen MR) is 129 cm³/mol. The second kappa shape index (κ2) is 9.73. The van der Waals surface area contributed by atoms with Gasteiger partial charge in [0.2, 0.25) is 0 Å². The van der Waals surface area contributed by atoms with Crippen LogP contribution in [-0.2, 0) is 6.42 Å². The van der Waals surface area contributed by atoms with Crippen molar-refractivity contribution in [3.63, 3.8) is 0 Å². The van der Waals surface area contributed by atoms with Crippen molar-refractivity contribution in [2.24, 2.45) is 0 Å². The summed E-state index contributed by atoms with van der Waals surface area (Å²) in [5, 5.41) is 1.58. The van der Waals surface area contributed by atoms with E-state index < -0.39 is 0 Å². The van der Waals surface area contributed by atoms with E-state index in [9.17, 15) is 4.79 Å². The van der Waals surface area contributed by atoms with Crippen LogP contribution in [0.15, 0.2) is 40.8 Å². The summed E-state index contributed by atoms with van der Waals surface area (Å²) in [5.74, 6) is 1.54. The molecule has 6 heteroatoms. The summed E-state index contributed by atoms with van der Waals surface area (Å²) in [6.45, 7) is 2.67. The van der Waals surface area contributed by atoms with Crippen molar-refractivity contribution in [2.75, 3.05) is 11.9 Å². The van der Waals surface area contributed by atoms with Gasteiger partial charge in [0, 0.05) is 26.3 Å². The fraction of sp³-hybridized carbons (Fsp3) is 0.286. The minimum atomic E-state index is -0.0376. The first-order chi connectivity index (χ1) is 13.0. The molecule has 0 radical (unpaired) electrons. The molecule has 2 aromatic carbocycles. The van der Waals surface area contributed by atoms with Gasteiger partial charge >= 0.3 is 0 Å². The zero-order valence-corrected chi connectivity index (χ0v) is 20.8. The number of unbranched alkanes of at least 4 members (excludes halogenated alkanes) is 1. The summed E-state index contributed by atoms with van der Waals surface area (Å²) in [6, 6.07) is 11.6. The van der Waals surface area contributed by atoms with Gasteiger partial charge in [-0.2, -0.15) is 0 Å². The maximum atomic E-state index is 13.4. The van der Waals surface area contributed by atoms with Crippen LogP contribution in [0.3, 0.4) is 0 Å². The van der Waals surface area contributed by atoms with Crippen molar-refractivity contribution < 1.29 is 13.9 Å². The molecule has 0 atom stereocenters. The summed E-state index contributed by atoms with van der Waals surface area (Å²) in [4.78, 5) is 13.4. The number of benzene rings is 2. The third kappa shape index (κ3) is 4.87. The number of fused-ring (bicyclic) bond motifs is 1. The minimum absolute atomic E-state index is 0.0376. The van der Waals surface area contributed by atoms with E-state index in [1.165, 1.54) is 0 Å². The van der Waals surface area contributed by atoms with Crippen LogP contribution in [0.2, 0.25) is 0 Å². The summed E-state index contributed by atoms with van der Waals surface area (Å²) < 4.78 is 13.8. The van der Waals surface area contributed by atoms with E-state index in [1.54, 1.807) is 0 Å². The quantitative estimate of drug-likeness (QED) is 0.150. The van der Waals surface area contributed by atoms with E-state index in [2.05, 4.69) is 68.0 Å². The van der Waals surface area contributed by atoms with Crippen molar-refractivity contribution in [3.8, 4) is 5.75 Å². The fourth-order valence-corrected chi connectivity index (χ4v) is 5.11. The molecule has 3 aromatic rings. The second-order valence-corrected chi connectivity index (χ2v) is 9.37. The molecule has 142 valence electrons. The van der Waals surface area contributed by atoms with Gasteiger partial charge in [-0.05, 0) is 75.9 Å². The number of hydrogen-bond acceptors (Lipinski definition) is 3. The Morgan fingerprint density at radius 1 is 1.19 bits per heavy atom. The van der Waals surface area contributed by atoms with Gasteiger partial charge in [-0.3, -0.25) is 4.79 Å². The highest BCUT2D eigenvalue weighted by Gasteiger charge is 2.21. The molecule has 0 saturated heterocycles. The number of ether oxygens (including phenoxy) is 1. The Morgan fingerprint density at radius 2 is 2.00 bits per heavy atom. The molecular formula is C21H19BrI2O3. The van der Waals surface area contributed by atoms with Crippen LogP contribution in [-0.4, -0.2) is 17.7 Å². The molecule has 0 spiro atoms. The molecule has 3 nitrogen and oxygen atoms in total. The summed E-state index contributed by atoms with van der Waals surface area (Å²) in [6.07, 6.45) is 3.07. The first-order valence-corrected chi connectivity index (χ1v) is 12.1. The number of carbonyl (C=O) groups is 1. The molecule has 0 unspecified atom stereocenters. The van der Waals surface area contributed by atoms with Crippen molar-refractivity contribution >= 4 is 77.9 Å². The van der Waals surface area contributed by atoms with Gasteiger partial charge in [-0.15, -0.1) is 0 Å². The van der Waals surface area contributed by atoms with Crippen LogP contribution in [0.1, 0.15) is 41.4 Å². The highest BCUT2D eigenvalue weighted by molar-refractivity contribution is 14.1. The Bertz CT molecular complexity index is 965. The lowest BCUT2D eigenvalue weighted by atomic mass is 9.99. The summed E-state index contributed by atoms with van der Waals surface area (Å²) in [7, 11) is 0. The van der Waals surface area contributed by atoms with Gasteiger partial charge in [0.1, 0.15) is 17.1 Å². The molecule has 1 aromatic heterocycles. The van der Waals surface area contributed by atoms with Crippen LogP contribution in [0.5, 0.6) is 5.75 Å². The Morgan fingerprint density at radius 3 is 2.74 bits per heavy atom. The van der Waals surface area contributed by atoms with Gasteiger partial charge in [0.05, 0.1) is 15.7 Å². The molecule has 0 bridgehead atoms. The fourth-order valence-electron chi connectivity index (χ4n) is 2.95. The van der Waals surface area contributed by atoms with Gasteiger partial charge in [-0.1, -0.05) is 41.4 Å². The van der Waals surface area contributed by atoms with Gasteiger partial charge in [-0.25, -0.2) is 0 Å². The Hall–Kier alpha value is -0.610. The average molecular weight is 653 g/mol. The molecular weight excluding hydrogens is 634 g/mol. The molecule has 0 amide bonds. The van der Waals surface area contributed by atoms with Crippen LogP contribution < -0.4 is 4.74 Å². The zero-order chi connectivity index (χ0) is 19.4. The van der Waals surface area contributed by atoms with Crippen LogP contribution in [0.4, 0.5) is 0 Å². The lowest BCUT2D eigenvalue weighted by molar-refractivity contribution is 0.103. The molecule has 0 aliphatic carbocycles. The lowest BCUT2D eigenvalue weighted by Crippen LogP contribution is -2.09. The monoisotopic (exact) mass is 652 g/mol. The molecule has 0 aliphatic rings. The average Bonchev–Trinajstić information content (AvgIpc) is 3.07. The highest BCUT2D eigenvalue weighted by atomic mass is 127. The topological polar surface area (TPSA) is 39.4 Å². The Balaban J connectivity index is 2.07. The number of aryl methyl sites for hydroxylation is 1. The zero-order valence-electron chi connectivity index (χ0n) is 14.9. The number of furan rings is 1. The molecule has 3 rings (SSSR count). The Kier molecular flexibility index (Phi) is 7.61. The lowest BCUT2D eigenvalue weighted by Gasteiger charge is -2.13. The SMILES string of the molecule is CCCCc1cc2c(C(=O)c3cc(I)cc(I)c3OCCBr)cccc2o1. The largest absolute Gasteiger partial charge is 0.491 e. The van der Waals surface area contributed by atoms with E-state index in [0.29, 0.717) is 28.8 Å². The number of carbonyl (C=O) groups excluding carboxylic acids is 1. The maximum Gasteiger partial charge on any atom is 0.197 e. The predicted octanol–water partition coefficient (Wildman–Crippen LogP) is 6.99. The maximum absolute atomic E-state index is 13.4. The molecule has 0 saturated carbocycles. The van der Waals surface area contributed by atoms with Crippen molar-refractivity contribution in [2.45, 2.75) is 26.2 Å². The first kappa shape index (κ1) is 21.1. The first-order valence-electron chi connectivity index (χ1n) is 8.79. The number of halogens is 3. The number of hydrogen-bond donors (Lipinski definition) is 0. The third-order valence-electron chi connectivity index (χ3n) is 4.21. The number of ketones is 1. The van der Waals surface area contributed by atoms with E-state index in [-0.39, 0.29) is 5.78 Å². The summed E-state index contributed by atoms with van der Waals surface area (Å²) >= 11 is 7.84. The van der Waals surface area contributed by atoms with Crippen molar-refractivity contribution in [1.82, 2.24) is 0 Å². The van der Waals surface area contributed by atoms with Crippen molar-refractivity contribution in [3.05, 3.63) is 60.4 Å².